The van der Waals surface area contributed by atoms with Crippen molar-refractivity contribution in [3.05, 3.63) is 11.9 Å². The summed E-state index contributed by atoms with van der Waals surface area (Å²) in [5.41, 5.74) is 1.26. The highest BCUT2D eigenvalue weighted by molar-refractivity contribution is 7.92. The Hall–Kier alpha value is -1.57. The molecule has 0 spiro atoms. The molecule has 2 N–H and O–H groups in total. The highest BCUT2D eigenvalue weighted by Gasteiger charge is 2.36. The molecule has 1 aromatic rings. The molecule has 1 saturated carbocycles. The summed E-state index contributed by atoms with van der Waals surface area (Å²) < 4.78 is 25.3. The van der Waals surface area contributed by atoms with Crippen LogP contribution >= 0.6 is 0 Å². The first-order valence-electron chi connectivity index (χ1n) is 7.24. The fourth-order valence-corrected chi connectivity index (χ4v) is 3.45. The third-order valence-corrected chi connectivity index (χ3v) is 4.62. The van der Waals surface area contributed by atoms with Gasteiger partial charge in [0.05, 0.1) is 23.8 Å². The van der Waals surface area contributed by atoms with Crippen molar-refractivity contribution < 1.29 is 13.2 Å². The fraction of sp³-hybridized carbons (Fsp3) is 0.692. The van der Waals surface area contributed by atoms with Crippen LogP contribution in [0.5, 0.6) is 0 Å². The van der Waals surface area contributed by atoms with Gasteiger partial charge < -0.3 is 4.90 Å². The van der Waals surface area contributed by atoms with E-state index < -0.39 is 10.0 Å². The second kappa shape index (κ2) is 5.32. The second-order valence-electron chi connectivity index (χ2n) is 5.97. The van der Waals surface area contributed by atoms with E-state index in [2.05, 4.69) is 14.9 Å². The van der Waals surface area contributed by atoms with Crippen molar-refractivity contribution >= 4 is 21.6 Å². The number of carbonyl (C=O) groups excluding carboxylic acids is 1. The Kier molecular flexibility index (Phi) is 3.64. The van der Waals surface area contributed by atoms with Crippen LogP contribution in [0.15, 0.2) is 6.20 Å². The number of piperidine rings is 1. The first-order chi connectivity index (χ1) is 9.94. The Morgan fingerprint density at radius 1 is 1.43 bits per heavy atom. The molecule has 1 atom stereocenters. The van der Waals surface area contributed by atoms with Gasteiger partial charge in [-0.2, -0.15) is 5.10 Å². The summed E-state index contributed by atoms with van der Waals surface area (Å²) in [6, 6.07) is 0. The molecule has 3 rings (SSSR count). The molecule has 0 radical (unpaired) electrons. The number of aromatic nitrogens is 2. The van der Waals surface area contributed by atoms with Crippen LogP contribution < -0.4 is 4.72 Å². The number of H-pyrrole nitrogens is 1. The molecular formula is C13H20N4O3S. The predicted octanol–water partition coefficient (Wildman–Crippen LogP) is 0.897. The van der Waals surface area contributed by atoms with Crippen molar-refractivity contribution in [2.45, 2.75) is 31.6 Å². The third-order valence-electron chi connectivity index (χ3n) is 4.03. The topological polar surface area (TPSA) is 95.2 Å². The standard InChI is InChI=1S/C13H20N4O3S/c1-21(19,20)16-11-7-14-15-12(11)10-3-2-6-17(8-10)13(18)9-4-5-9/h7,9-10,16H,2-6,8H2,1H3,(H,14,15). The van der Waals surface area contributed by atoms with Gasteiger partial charge in [0.1, 0.15) is 0 Å². The predicted molar refractivity (Wildman–Crippen MR) is 78.3 cm³/mol. The number of anilines is 1. The average Bonchev–Trinajstić information content (AvgIpc) is 3.17. The minimum absolute atomic E-state index is 0.105. The van der Waals surface area contributed by atoms with Gasteiger partial charge in [0, 0.05) is 24.9 Å². The Morgan fingerprint density at radius 3 is 2.86 bits per heavy atom. The zero-order chi connectivity index (χ0) is 15.0. The van der Waals surface area contributed by atoms with Crippen molar-refractivity contribution in [3.8, 4) is 0 Å². The Balaban J connectivity index is 1.74. The number of rotatable bonds is 4. The molecule has 2 fully saturated rings. The highest BCUT2D eigenvalue weighted by atomic mass is 32.2. The maximum absolute atomic E-state index is 12.2. The number of hydrogen-bond donors (Lipinski definition) is 2. The lowest BCUT2D eigenvalue weighted by molar-refractivity contribution is -0.133. The van der Waals surface area contributed by atoms with Crippen LogP contribution in [0.3, 0.4) is 0 Å². The molecule has 1 saturated heterocycles. The number of nitrogens with one attached hydrogen (secondary N) is 2. The molecule has 8 heteroatoms. The molecule has 2 heterocycles. The van der Waals surface area contributed by atoms with Crippen LogP contribution in [-0.4, -0.2) is 48.8 Å². The van der Waals surface area contributed by atoms with E-state index >= 15 is 0 Å². The van der Waals surface area contributed by atoms with E-state index in [4.69, 9.17) is 0 Å². The van der Waals surface area contributed by atoms with Crippen molar-refractivity contribution in [2.24, 2.45) is 5.92 Å². The molecule has 1 amide bonds. The van der Waals surface area contributed by atoms with E-state index in [1.54, 1.807) is 0 Å². The maximum Gasteiger partial charge on any atom is 0.229 e. The second-order valence-corrected chi connectivity index (χ2v) is 7.72. The maximum atomic E-state index is 12.2. The fourth-order valence-electron chi connectivity index (χ4n) is 2.89. The number of amides is 1. The lowest BCUT2D eigenvalue weighted by Crippen LogP contribution is -2.40. The first kappa shape index (κ1) is 14.4. The number of nitrogens with zero attached hydrogens (tertiary/aromatic N) is 2. The van der Waals surface area contributed by atoms with Gasteiger partial charge in [0.2, 0.25) is 15.9 Å². The van der Waals surface area contributed by atoms with Gasteiger partial charge in [-0.3, -0.25) is 14.6 Å². The minimum atomic E-state index is -3.33. The molecular weight excluding hydrogens is 292 g/mol. The summed E-state index contributed by atoms with van der Waals surface area (Å²) >= 11 is 0. The molecule has 21 heavy (non-hydrogen) atoms. The summed E-state index contributed by atoms with van der Waals surface area (Å²) in [5.74, 6) is 0.573. The summed E-state index contributed by atoms with van der Waals surface area (Å²) in [7, 11) is -3.33. The lowest BCUT2D eigenvalue weighted by Gasteiger charge is -2.32. The summed E-state index contributed by atoms with van der Waals surface area (Å²) in [6.07, 6.45) is 6.47. The Morgan fingerprint density at radius 2 is 2.19 bits per heavy atom. The molecule has 1 aromatic heterocycles. The van der Waals surface area contributed by atoms with Crippen molar-refractivity contribution in [1.82, 2.24) is 15.1 Å². The van der Waals surface area contributed by atoms with E-state index in [-0.39, 0.29) is 17.7 Å². The molecule has 116 valence electrons. The number of carbonyl (C=O) groups is 1. The van der Waals surface area contributed by atoms with Crippen LogP contribution in [0.1, 0.15) is 37.3 Å². The van der Waals surface area contributed by atoms with Crippen LogP contribution in [0, 0.1) is 5.92 Å². The monoisotopic (exact) mass is 312 g/mol. The van der Waals surface area contributed by atoms with Gasteiger partial charge in [-0.1, -0.05) is 0 Å². The van der Waals surface area contributed by atoms with E-state index in [1.165, 1.54) is 6.20 Å². The van der Waals surface area contributed by atoms with Gasteiger partial charge in [0.25, 0.3) is 0 Å². The van der Waals surface area contributed by atoms with E-state index in [0.717, 1.165) is 44.2 Å². The summed E-state index contributed by atoms with van der Waals surface area (Å²) in [5, 5.41) is 6.83. The molecule has 1 aliphatic carbocycles. The number of aromatic amines is 1. The molecule has 1 unspecified atom stereocenters. The molecule has 1 aliphatic heterocycles. The molecule has 2 aliphatic rings. The molecule has 0 aromatic carbocycles. The van der Waals surface area contributed by atoms with Gasteiger partial charge in [-0.05, 0) is 25.7 Å². The Bertz CT molecular complexity index is 636. The normalized spacial score (nSPS) is 23.1. The third kappa shape index (κ3) is 3.37. The van der Waals surface area contributed by atoms with E-state index in [1.807, 2.05) is 4.90 Å². The van der Waals surface area contributed by atoms with Gasteiger partial charge in [-0.25, -0.2) is 8.42 Å². The van der Waals surface area contributed by atoms with Crippen molar-refractivity contribution in [1.29, 1.82) is 0 Å². The van der Waals surface area contributed by atoms with Gasteiger partial charge in [0.15, 0.2) is 0 Å². The number of likely N-dealkylation sites (tertiary alicyclic amines) is 1. The van der Waals surface area contributed by atoms with Gasteiger partial charge >= 0.3 is 0 Å². The van der Waals surface area contributed by atoms with Crippen LogP contribution in [0.25, 0.3) is 0 Å². The minimum Gasteiger partial charge on any atom is -0.342 e. The SMILES string of the molecule is CS(=O)(=O)Nc1cn[nH]c1C1CCCN(C(=O)C2CC2)C1. The summed E-state index contributed by atoms with van der Waals surface area (Å²) in [4.78, 5) is 14.1. The number of hydrogen-bond acceptors (Lipinski definition) is 4. The van der Waals surface area contributed by atoms with E-state index in [0.29, 0.717) is 12.2 Å². The number of sulfonamides is 1. The largest absolute Gasteiger partial charge is 0.342 e. The first-order valence-corrected chi connectivity index (χ1v) is 9.13. The highest BCUT2D eigenvalue weighted by Crippen LogP contribution is 2.35. The molecule has 0 bridgehead atoms. The quantitative estimate of drug-likeness (QED) is 0.863. The van der Waals surface area contributed by atoms with Crippen LogP contribution in [0.4, 0.5) is 5.69 Å². The Labute approximate surface area is 124 Å². The van der Waals surface area contributed by atoms with Crippen molar-refractivity contribution in [3.63, 3.8) is 0 Å². The molecule has 7 nitrogen and oxygen atoms in total. The van der Waals surface area contributed by atoms with Crippen molar-refractivity contribution in [2.75, 3.05) is 24.1 Å². The average molecular weight is 312 g/mol. The smallest absolute Gasteiger partial charge is 0.229 e. The zero-order valence-corrected chi connectivity index (χ0v) is 12.8. The van der Waals surface area contributed by atoms with Gasteiger partial charge in [-0.15, -0.1) is 0 Å². The van der Waals surface area contributed by atoms with E-state index in [9.17, 15) is 13.2 Å². The zero-order valence-electron chi connectivity index (χ0n) is 12.0. The lowest BCUT2D eigenvalue weighted by atomic mass is 9.94. The summed E-state index contributed by atoms with van der Waals surface area (Å²) in [6.45, 7) is 1.44. The van der Waals surface area contributed by atoms with Crippen LogP contribution in [-0.2, 0) is 14.8 Å². The van der Waals surface area contributed by atoms with Crippen LogP contribution in [0.2, 0.25) is 0 Å².